The van der Waals surface area contributed by atoms with E-state index in [0.29, 0.717) is 5.92 Å². The average molecular weight is 163 g/mol. The Bertz CT molecular complexity index is 229. The zero-order valence-corrected chi connectivity index (χ0v) is 7.03. The molecule has 0 spiro atoms. The fraction of sp³-hybridized carbons (Fsp3) is 0.556. The van der Waals surface area contributed by atoms with Gasteiger partial charge in [0.15, 0.2) is 0 Å². The van der Waals surface area contributed by atoms with E-state index >= 15 is 0 Å². The maximum atomic E-state index is 4.03. The van der Waals surface area contributed by atoms with Crippen LogP contribution in [0.2, 0.25) is 0 Å². The Hall–Kier alpha value is -0.960. The van der Waals surface area contributed by atoms with E-state index in [9.17, 15) is 0 Å². The topological polar surface area (TPSA) is 37.8 Å². The summed E-state index contributed by atoms with van der Waals surface area (Å²) in [5, 5.41) is 3.34. The van der Waals surface area contributed by atoms with E-state index in [4.69, 9.17) is 0 Å². The van der Waals surface area contributed by atoms with Crippen molar-refractivity contribution in [3.63, 3.8) is 0 Å². The van der Waals surface area contributed by atoms with Crippen molar-refractivity contribution in [2.45, 2.75) is 18.8 Å². The highest BCUT2D eigenvalue weighted by Crippen LogP contribution is 2.22. The minimum Gasteiger partial charge on any atom is -0.317 e. The highest BCUT2D eigenvalue weighted by molar-refractivity contribution is 5.10. The largest absolute Gasteiger partial charge is 0.317 e. The van der Waals surface area contributed by atoms with Gasteiger partial charge in [0.1, 0.15) is 6.33 Å². The smallest absolute Gasteiger partial charge is 0.115 e. The van der Waals surface area contributed by atoms with Gasteiger partial charge < -0.3 is 5.32 Å². The van der Waals surface area contributed by atoms with Gasteiger partial charge in [0, 0.05) is 12.4 Å². The first-order chi connectivity index (χ1) is 5.97. The van der Waals surface area contributed by atoms with E-state index in [-0.39, 0.29) is 0 Å². The summed E-state index contributed by atoms with van der Waals surface area (Å²) in [5.74, 6) is 0.674. The van der Waals surface area contributed by atoms with Gasteiger partial charge in [-0.1, -0.05) is 0 Å². The maximum absolute atomic E-state index is 4.03. The van der Waals surface area contributed by atoms with Crippen LogP contribution < -0.4 is 5.32 Å². The zero-order chi connectivity index (χ0) is 8.23. The number of rotatable bonds is 1. The molecule has 64 valence electrons. The lowest BCUT2D eigenvalue weighted by Gasteiger charge is -2.21. The van der Waals surface area contributed by atoms with Gasteiger partial charge in [-0.25, -0.2) is 9.97 Å². The van der Waals surface area contributed by atoms with Crippen LogP contribution in [0, 0.1) is 0 Å². The summed E-state index contributed by atoms with van der Waals surface area (Å²) in [7, 11) is 0. The van der Waals surface area contributed by atoms with Crippen LogP contribution in [-0.4, -0.2) is 23.1 Å². The van der Waals surface area contributed by atoms with Gasteiger partial charge in [0.25, 0.3) is 0 Å². The molecule has 0 aliphatic carbocycles. The summed E-state index contributed by atoms with van der Waals surface area (Å²) in [6.45, 7) is 2.25. The van der Waals surface area contributed by atoms with Crippen LogP contribution in [0.3, 0.4) is 0 Å². The second-order valence-corrected chi connectivity index (χ2v) is 3.20. The molecule has 1 aromatic heterocycles. The summed E-state index contributed by atoms with van der Waals surface area (Å²) in [6.07, 6.45) is 7.89. The van der Waals surface area contributed by atoms with E-state index in [1.165, 1.54) is 18.4 Å². The van der Waals surface area contributed by atoms with Crippen molar-refractivity contribution in [2.75, 3.05) is 13.1 Å². The molecule has 0 amide bonds. The van der Waals surface area contributed by atoms with Crippen LogP contribution in [0.1, 0.15) is 24.3 Å². The highest BCUT2D eigenvalue weighted by Gasteiger charge is 2.14. The number of nitrogens with one attached hydrogen (secondary N) is 1. The van der Waals surface area contributed by atoms with Crippen LogP contribution in [0.15, 0.2) is 18.7 Å². The van der Waals surface area contributed by atoms with Gasteiger partial charge in [-0.2, -0.15) is 0 Å². The van der Waals surface area contributed by atoms with Crippen molar-refractivity contribution in [3.05, 3.63) is 24.3 Å². The standard InChI is InChI=1S/C9H13N3/c1-3-10-4-2-8(1)9-5-11-7-12-6-9/h5-8,10H,1-4H2. The first-order valence-electron chi connectivity index (χ1n) is 4.42. The lowest BCUT2D eigenvalue weighted by atomic mass is 9.92. The number of piperidine rings is 1. The lowest BCUT2D eigenvalue weighted by molar-refractivity contribution is 0.458. The summed E-state index contributed by atoms with van der Waals surface area (Å²) in [6, 6.07) is 0. The predicted octanol–water partition coefficient (Wildman–Crippen LogP) is 0.944. The molecule has 1 saturated heterocycles. The Morgan fingerprint density at radius 3 is 2.50 bits per heavy atom. The number of aromatic nitrogens is 2. The molecule has 0 atom stereocenters. The molecule has 0 unspecified atom stereocenters. The van der Waals surface area contributed by atoms with Crippen LogP contribution >= 0.6 is 0 Å². The molecule has 0 bridgehead atoms. The molecule has 1 N–H and O–H groups in total. The van der Waals surface area contributed by atoms with Gasteiger partial charge >= 0.3 is 0 Å². The van der Waals surface area contributed by atoms with Gasteiger partial charge in [-0.15, -0.1) is 0 Å². The van der Waals surface area contributed by atoms with Crippen molar-refractivity contribution in [1.29, 1.82) is 0 Å². The second kappa shape index (κ2) is 3.63. The summed E-state index contributed by atoms with van der Waals surface area (Å²) >= 11 is 0. The number of hydrogen-bond acceptors (Lipinski definition) is 3. The van der Waals surface area contributed by atoms with Crippen LogP contribution in [-0.2, 0) is 0 Å². The minimum atomic E-state index is 0.674. The van der Waals surface area contributed by atoms with Crippen molar-refractivity contribution in [3.8, 4) is 0 Å². The maximum Gasteiger partial charge on any atom is 0.115 e. The predicted molar refractivity (Wildman–Crippen MR) is 46.9 cm³/mol. The molecule has 0 saturated carbocycles. The van der Waals surface area contributed by atoms with Crippen molar-refractivity contribution in [2.24, 2.45) is 0 Å². The number of nitrogens with zero attached hydrogens (tertiary/aromatic N) is 2. The third-order valence-electron chi connectivity index (χ3n) is 2.39. The Labute approximate surface area is 72.2 Å². The molecule has 2 rings (SSSR count). The van der Waals surface area contributed by atoms with Crippen LogP contribution in [0.25, 0.3) is 0 Å². The zero-order valence-electron chi connectivity index (χ0n) is 7.03. The molecule has 2 heterocycles. The van der Waals surface area contributed by atoms with Crippen molar-refractivity contribution >= 4 is 0 Å². The van der Waals surface area contributed by atoms with Gasteiger partial charge in [-0.05, 0) is 37.4 Å². The lowest BCUT2D eigenvalue weighted by Crippen LogP contribution is -2.26. The Balaban J connectivity index is 2.08. The monoisotopic (exact) mass is 163 g/mol. The fourth-order valence-corrected chi connectivity index (χ4v) is 1.68. The van der Waals surface area contributed by atoms with E-state index in [0.717, 1.165) is 13.1 Å². The molecule has 0 aromatic carbocycles. The minimum absolute atomic E-state index is 0.674. The van der Waals surface area contributed by atoms with Crippen LogP contribution in [0.5, 0.6) is 0 Å². The average Bonchev–Trinajstić information content (AvgIpc) is 2.21. The molecule has 1 aliphatic heterocycles. The molecule has 12 heavy (non-hydrogen) atoms. The molecule has 0 radical (unpaired) electrons. The van der Waals surface area contributed by atoms with E-state index in [2.05, 4.69) is 15.3 Å². The molecule has 3 heteroatoms. The normalized spacial score (nSPS) is 19.3. The van der Waals surface area contributed by atoms with Crippen molar-refractivity contribution < 1.29 is 0 Å². The van der Waals surface area contributed by atoms with E-state index < -0.39 is 0 Å². The summed E-state index contributed by atoms with van der Waals surface area (Å²) < 4.78 is 0. The van der Waals surface area contributed by atoms with E-state index in [1.807, 2.05) is 12.4 Å². The van der Waals surface area contributed by atoms with Crippen LogP contribution in [0.4, 0.5) is 0 Å². The Kier molecular flexibility index (Phi) is 2.32. The summed E-state index contributed by atoms with van der Waals surface area (Å²) in [5.41, 5.74) is 1.29. The van der Waals surface area contributed by atoms with Gasteiger partial charge in [0.2, 0.25) is 0 Å². The molecular formula is C9H13N3. The Morgan fingerprint density at radius 1 is 1.17 bits per heavy atom. The molecule has 1 fully saturated rings. The number of hydrogen-bond donors (Lipinski definition) is 1. The first kappa shape index (κ1) is 7.68. The third-order valence-corrected chi connectivity index (χ3v) is 2.39. The second-order valence-electron chi connectivity index (χ2n) is 3.20. The molecule has 1 aromatic rings. The van der Waals surface area contributed by atoms with E-state index in [1.54, 1.807) is 6.33 Å². The molecular weight excluding hydrogens is 150 g/mol. The molecule has 3 nitrogen and oxygen atoms in total. The highest BCUT2D eigenvalue weighted by atomic mass is 14.9. The third kappa shape index (κ3) is 1.61. The molecule has 1 aliphatic rings. The van der Waals surface area contributed by atoms with Crippen molar-refractivity contribution in [1.82, 2.24) is 15.3 Å². The fourth-order valence-electron chi connectivity index (χ4n) is 1.68. The van der Waals surface area contributed by atoms with Gasteiger partial charge in [-0.3, -0.25) is 0 Å². The quantitative estimate of drug-likeness (QED) is 0.669. The Morgan fingerprint density at radius 2 is 1.83 bits per heavy atom. The van der Waals surface area contributed by atoms with Gasteiger partial charge in [0.05, 0.1) is 0 Å². The first-order valence-corrected chi connectivity index (χ1v) is 4.42. The SMILES string of the molecule is c1ncc(C2CCNCC2)cn1. The summed E-state index contributed by atoms with van der Waals surface area (Å²) in [4.78, 5) is 8.06.